The summed E-state index contributed by atoms with van der Waals surface area (Å²) in [5.41, 5.74) is 0.687. The molecule has 1 nitrogen and oxygen atoms in total. The maximum Gasteiger partial charge on any atom is 0.241 e. The van der Waals surface area contributed by atoms with Crippen LogP contribution >= 0.6 is 46.6 Å². The van der Waals surface area contributed by atoms with E-state index in [0.717, 1.165) is 22.0 Å². The third-order valence-corrected chi connectivity index (χ3v) is 3.32. The van der Waals surface area contributed by atoms with E-state index in [1.54, 1.807) is 12.3 Å². The van der Waals surface area contributed by atoms with Crippen LogP contribution in [0.4, 0.5) is 4.39 Å². The molecule has 0 unspecified atom stereocenters. The predicted octanol–water partition coefficient (Wildman–Crippen LogP) is 4.73. The molecule has 6 heteroatoms. The first-order valence-electron chi connectivity index (χ1n) is 3.98. The molecular formula is C9H5Cl3FNS. The number of aromatic amines is 1. The third-order valence-electron chi connectivity index (χ3n) is 1.83. The van der Waals surface area contributed by atoms with Gasteiger partial charge in [0.2, 0.25) is 3.12 Å². The monoisotopic (exact) mass is 283 g/mol. The Hall–Kier alpha value is -0.0900. The van der Waals surface area contributed by atoms with Gasteiger partial charge in [0.1, 0.15) is 5.82 Å². The van der Waals surface area contributed by atoms with Gasteiger partial charge in [0.05, 0.1) is 0 Å². The largest absolute Gasteiger partial charge is 0.360 e. The second-order valence-electron chi connectivity index (χ2n) is 2.89. The molecule has 0 spiro atoms. The second kappa shape index (κ2) is 4.06. The van der Waals surface area contributed by atoms with Crippen LogP contribution < -0.4 is 0 Å². The van der Waals surface area contributed by atoms with Gasteiger partial charge in [-0.2, -0.15) is 0 Å². The number of H-pyrrole nitrogens is 1. The molecule has 0 aliphatic carbocycles. The summed E-state index contributed by atoms with van der Waals surface area (Å²) in [5, 5.41) is 0.840. The molecule has 1 heterocycles. The number of hydrogen-bond donors (Lipinski definition) is 1. The van der Waals surface area contributed by atoms with E-state index in [1.807, 2.05) is 0 Å². The molecular weight excluding hydrogens is 280 g/mol. The van der Waals surface area contributed by atoms with E-state index in [-0.39, 0.29) is 5.82 Å². The van der Waals surface area contributed by atoms with Crippen LogP contribution in [0.2, 0.25) is 0 Å². The van der Waals surface area contributed by atoms with Gasteiger partial charge in [0, 0.05) is 22.0 Å². The van der Waals surface area contributed by atoms with Crippen LogP contribution in [0.3, 0.4) is 0 Å². The van der Waals surface area contributed by atoms with Crippen molar-refractivity contribution < 1.29 is 4.39 Å². The Kier molecular flexibility index (Phi) is 3.08. The van der Waals surface area contributed by atoms with E-state index in [1.165, 1.54) is 12.1 Å². The molecule has 2 rings (SSSR count). The van der Waals surface area contributed by atoms with Crippen molar-refractivity contribution >= 4 is 57.5 Å². The van der Waals surface area contributed by atoms with Crippen molar-refractivity contribution in [3.05, 3.63) is 30.2 Å². The number of nitrogens with one attached hydrogen (secondary N) is 1. The van der Waals surface area contributed by atoms with Gasteiger partial charge in [0.15, 0.2) is 0 Å². The SMILES string of the molecule is Fc1ccc2c(SC(Cl)(Cl)Cl)c[nH]c2c1. The summed E-state index contributed by atoms with van der Waals surface area (Å²) in [7, 11) is 0. The van der Waals surface area contributed by atoms with Crippen molar-refractivity contribution in [2.24, 2.45) is 0 Å². The second-order valence-corrected chi connectivity index (χ2v) is 7.10. The summed E-state index contributed by atoms with van der Waals surface area (Å²) < 4.78 is 11.5. The summed E-state index contributed by atoms with van der Waals surface area (Å²) in [6.07, 6.45) is 1.69. The number of alkyl halides is 3. The van der Waals surface area contributed by atoms with Crippen LogP contribution in [0, 0.1) is 5.82 Å². The zero-order chi connectivity index (χ0) is 11.1. The number of hydrogen-bond acceptors (Lipinski definition) is 1. The number of thioether (sulfide) groups is 1. The first-order chi connectivity index (χ1) is 6.96. The van der Waals surface area contributed by atoms with Crippen molar-refractivity contribution in [1.29, 1.82) is 0 Å². The van der Waals surface area contributed by atoms with E-state index >= 15 is 0 Å². The normalized spacial score (nSPS) is 12.3. The highest BCUT2D eigenvalue weighted by Gasteiger charge is 2.23. The fourth-order valence-electron chi connectivity index (χ4n) is 1.28. The molecule has 15 heavy (non-hydrogen) atoms. The van der Waals surface area contributed by atoms with Crippen LogP contribution in [-0.2, 0) is 0 Å². The van der Waals surface area contributed by atoms with Crippen LogP contribution in [0.5, 0.6) is 0 Å². The number of fused-ring (bicyclic) bond motifs is 1. The van der Waals surface area contributed by atoms with E-state index < -0.39 is 3.12 Å². The highest BCUT2D eigenvalue weighted by Crippen LogP contribution is 2.45. The Bertz CT molecular complexity index is 492. The number of rotatable bonds is 1. The Labute approximate surface area is 105 Å². The Balaban J connectivity index is 2.45. The molecule has 1 aromatic heterocycles. The van der Waals surface area contributed by atoms with Crippen molar-refractivity contribution in [1.82, 2.24) is 4.98 Å². The van der Waals surface area contributed by atoms with Gasteiger partial charge in [-0.25, -0.2) is 4.39 Å². The first-order valence-corrected chi connectivity index (χ1v) is 5.93. The zero-order valence-corrected chi connectivity index (χ0v) is 10.3. The lowest BCUT2D eigenvalue weighted by atomic mass is 10.2. The van der Waals surface area contributed by atoms with Crippen LogP contribution in [0.1, 0.15) is 0 Å². The highest BCUT2D eigenvalue weighted by molar-refractivity contribution is 8.04. The molecule has 1 aromatic carbocycles. The summed E-state index contributed by atoms with van der Waals surface area (Å²) in [6.45, 7) is 0. The Morgan fingerprint density at radius 1 is 1.27 bits per heavy atom. The van der Waals surface area contributed by atoms with E-state index in [2.05, 4.69) is 4.98 Å². The topological polar surface area (TPSA) is 15.8 Å². The minimum Gasteiger partial charge on any atom is -0.360 e. The summed E-state index contributed by atoms with van der Waals surface area (Å²) in [6, 6.07) is 4.43. The maximum atomic E-state index is 12.9. The van der Waals surface area contributed by atoms with E-state index in [0.29, 0.717) is 5.52 Å². The van der Waals surface area contributed by atoms with Gasteiger partial charge >= 0.3 is 0 Å². The quantitative estimate of drug-likeness (QED) is 0.591. The molecule has 1 N–H and O–H groups in total. The molecule has 0 saturated heterocycles. The molecule has 2 aromatic rings. The van der Waals surface area contributed by atoms with Gasteiger partial charge < -0.3 is 4.98 Å². The molecule has 0 amide bonds. The highest BCUT2D eigenvalue weighted by atomic mass is 35.6. The minimum atomic E-state index is -1.41. The smallest absolute Gasteiger partial charge is 0.241 e. The molecule has 0 aliphatic heterocycles. The number of aromatic nitrogens is 1. The Morgan fingerprint density at radius 3 is 2.67 bits per heavy atom. The van der Waals surface area contributed by atoms with E-state index in [9.17, 15) is 4.39 Å². The van der Waals surface area contributed by atoms with Gasteiger partial charge in [-0.05, 0) is 18.2 Å². The third kappa shape index (κ3) is 2.72. The van der Waals surface area contributed by atoms with Gasteiger partial charge in [-0.3, -0.25) is 0 Å². The minimum absolute atomic E-state index is 0.296. The lowest BCUT2D eigenvalue weighted by molar-refractivity contribution is 0.629. The number of halogens is 4. The maximum absolute atomic E-state index is 12.9. The molecule has 0 saturated carbocycles. The fourth-order valence-corrected chi connectivity index (χ4v) is 2.68. The van der Waals surface area contributed by atoms with Gasteiger partial charge in [-0.1, -0.05) is 46.6 Å². The summed E-state index contributed by atoms with van der Waals surface area (Å²) >= 11 is 18.1. The van der Waals surface area contributed by atoms with Crippen LogP contribution in [-0.4, -0.2) is 8.11 Å². The molecule has 0 bridgehead atoms. The van der Waals surface area contributed by atoms with Gasteiger partial charge in [0.25, 0.3) is 0 Å². The lowest BCUT2D eigenvalue weighted by Gasteiger charge is -2.08. The standard InChI is InChI=1S/C9H5Cl3FNS/c10-9(11,12)15-8-4-14-7-3-5(13)1-2-6(7)8/h1-4,14H. The van der Waals surface area contributed by atoms with E-state index in [4.69, 9.17) is 34.8 Å². The van der Waals surface area contributed by atoms with Crippen molar-refractivity contribution in [3.63, 3.8) is 0 Å². The molecule has 0 aliphatic rings. The van der Waals surface area contributed by atoms with Crippen LogP contribution in [0.25, 0.3) is 10.9 Å². The summed E-state index contributed by atoms with van der Waals surface area (Å²) in [5.74, 6) is -0.296. The molecule has 0 radical (unpaired) electrons. The van der Waals surface area contributed by atoms with Crippen molar-refractivity contribution in [2.75, 3.05) is 0 Å². The summed E-state index contributed by atoms with van der Waals surface area (Å²) in [4.78, 5) is 3.70. The Morgan fingerprint density at radius 2 is 2.00 bits per heavy atom. The number of benzene rings is 1. The molecule has 0 atom stereocenters. The average molecular weight is 285 g/mol. The lowest BCUT2D eigenvalue weighted by Crippen LogP contribution is -1.91. The van der Waals surface area contributed by atoms with Crippen LogP contribution in [0.15, 0.2) is 29.3 Å². The van der Waals surface area contributed by atoms with Crippen molar-refractivity contribution in [2.45, 2.75) is 8.02 Å². The van der Waals surface area contributed by atoms with Crippen molar-refractivity contribution in [3.8, 4) is 0 Å². The van der Waals surface area contributed by atoms with Gasteiger partial charge in [-0.15, -0.1) is 0 Å². The average Bonchev–Trinajstić information content (AvgIpc) is 2.45. The first kappa shape index (κ1) is 11.4. The zero-order valence-electron chi connectivity index (χ0n) is 7.23. The fraction of sp³-hybridized carbons (Fsp3) is 0.111. The predicted molar refractivity (Wildman–Crippen MR) is 64.4 cm³/mol. The molecule has 0 fully saturated rings. The molecule has 80 valence electrons.